The van der Waals surface area contributed by atoms with Gasteiger partial charge in [-0.3, -0.25) is 4.79 Å². The van der Waals surface area contributed by atoms with Gasteiger partial charge in [-0.2, -0.15) is 0 Å². The summed E-state index contributed by atoms with van der Waals surface area (Å²) >= 11 is 5.99. The summed E-state index contributed by atoms with van der Waals surface area (Å²) in [6.45, 7) is 2.71. The van der Waals surface area contributed by atoms with Crippen LogP contribution < -0.4 is 4.74 Å². The molecular weight excluding hydrogens is 266 g/mol. The minimum absolute atomic E-state index is 0.142. The van der Waals surface area contributed by atoms with Crippen molar-refractivity contribution in [3.8, 4) is 5.75 Å². The van der Waals surface area contributed by atoms with Gasteiger partial charge in [0.2, 0.25) is 0 Å². The zero-order valence-corrected chi connectivity index (χ0v) is 12.0. The van der Waals surface area contributed by atoms with Gasteiger partial charge in [0.15, 0.2) is 17.1 Å². The third-order valence-corrected chi connectivity index (χ3v) is 3.10. The van der Waals surface area contributed by atoms with E-state index in [0.29, 0.717) is 28.7 Å². The monoisotopic (exact) mass is 281 g/mol. The van der Waals surface area contributed by atoms with Gasteiger partial charge in [0, 0.05) is 30.1 Å². The van der Waals surface area contributed by atoms with Gasteiger partial charge >= 0.3 is 0 Å². The molecule has 0 aliphatic rings. The highest BCUT2D eigenvalue weighted by molar-refractivity contribution is 6.31. The third kappa shape index (κ3) is 2.68. The van der Waals surface area contributed by atoms with Crippen molar-refractivity contribution in [2.75, 3.05) is 20.7 Å². The van der Waals surface area contributed by atoms with Crippen LogP contribution in [-0.2, 0) is 0 Å². The zero-order valence-electron chi connectivity index (χ0n) is 11.2. The number of hydrogen-bond donors (Lipinski definition) is 0. The van der Waals surface area contributed by atoms with E-state index in [0.717, 1.165) is 11.8 Å². The molecule has 1 aromatic carbocycles. The maximum Gasteiger partial charge on any atom is 0.289 e. The maximum atomic E-state index is 12.1. The number of hydrogen-bond acceptors (Lipinski definition) is 3. The Hall–Kier alpha value is -1.68. The van der Waals surface area contributed by atoms with E-state index in [1.165, 1.54) is 0 Å². The van der Waals surface area contributed by atoms with Gasteiger partial charge in [0.25, 0.3) is 5.91 Å². The largest absolute Gasteiger partial charge is 0.493 e. The van der Waals surface area contributed by atoms with Crippen LogP contribution in [-0.4, -0.2) is 31.5 Å². The number of furan rings is 1. The molecule has 2 aromatic rings. The summed E-state index contributed by atoms with van der Waals surface area (Å²) in [6.07, 6.45) is 0.900. The average molecular weight is 282 g/mol. The summed E-state index contributed by atoms with van der Waals surface area (Å²) in [6, 6.07) is 5.11. The van der Waals surface area contributed by atoms with Crippen molar-refractivity contribution >= 4 is 28.5 Å². The van der Waals surface area contributed by atoms with Gasteiger partial charge in [-0.15, -0.1) is 0 Å². The first kappa shape index (κ1) is 13.7. The van der Waals surface area contributed by atoms with Crippen LogP contribution in [0.2, 0.25) is 5.02 Å². The predicted octanol–water partition coefficient (Wildman–Crippen LogP) is 3.58. The van der Waals surface area contributed by atoms with E-state index >= 15 is 0 Å². The average Bonchev–Trinajstić information content (AvgIpc) is 2.80. The summed E-state index contributed by atoms with van der Waals surface area (Å²) in [5.41, 5.74) is 0.542. The normalized spacial score (nSPS) is 10.7. The minimum atomic E-state index is -0.142. The van der Waals surface area contributed by atoms with E-state index in [9.17, 15) is 4.79 Å². The summed E-state index contributed by atoms with van der Waals surface area (Å²) in [5.74, 6) is 0.683. The number of rotatable bonds is 4. The maximum absolute atomic E-state index is 12.1. The first-order valence-electron chi connectivity index (χ1n) is 6.09. The zero-order chi connectivity index (χ0) is 14.0. The Balaban J connectivity index is 2.44. The van der Waals surface area contributed by atoms with Crippen LogP contribution in [0, 0.1) is 0 Å². The Bertz CT molecular complexity index is 606. The number of methoxy groups -OCH3 is 1. The van der Waals surface area contributed by atoms with Gasteiger partial charge in [-0.05, 0) is 18.6 Å². The first-order valence-corrected chi connectivity index (χ1v) is 6.47. The van der Waals surface area contributed by atoms with Crippen LogP contribution in [0.1, 0.15) is 23.9 Å². The van der Waals surface area contributed by atoms with Gasteiger partial charge in [0.05, 0.1) is 7.11 Å². The van der Waals surface area contributed by atoms with E-state index in [-0.39, 0.29) is 5.91 Å². The molecule has 1 aromatic heterocycles. The molecular formula is C14H16ClNO3. The van der Waals surface area contributed by atoms with E-state index < -0.39 is 0 Å². The fourth-order valence-electron chi connectivity index (χ4n) is 1.97. The summed E-state index contributed by atoms with van der Waals surface area (Å²) < 4.78 is 10.8. The second kappa shape index (κ2) is 5.53. The van der Waals surface area contributed by atoms with Crippen molar-refractivity contribution in [3.05, 3.63) is 29.0 Å². The molecule has 0 saturated heterocycles. The van der Waals surface area contributed by atoms with Gasteiger partial charge in [-0.1, -0.05) is 18.5 Å². The molecule has 0 aliphatic carbocycles. The standard InChI is InChI=1S/C14H16ClNO3/c1-4-5-16(2)14(17)12-7-9-6-10(15)8-11(18-3)13(9)19-12/h6-8H,4-5H2,1-3H3. The quantitative estimate of drug-likeness (QED) is 0.860. The molecule has 1 amide bonds. The second-order valence-electron chi connectivity index (χ2n) is 4.36. The Morgan fingerprint density at radius 2 is 2.16 bits per heavy atom. The van der Waals surface area contributed by atoms with Crippen molar-refractivity contribution < 1.29 is 13.9 Å². The minimum Gasteiger partial charge on any atom is -0.493 e. The highest BCUT2D eigenvalue weighted by Crippen LogP contribution is 2.32. The summed E-state index contributed by atoms with van der Waals surface area (Å²) in [7, 11) is 3.29. The number of nitrogens with zero attached hydrogens (tertiary/aromatic N) is 1. The molecule has 2 rings (SSSR count). The van der Waals surface area contributed by atoms with Crippen molar-refractivity contribution in [2.24, 2.45) is 0 Å². The lowest BCUT2D eigenvalue weighted by molar-refractivity contribution is 0.0766. The number of halogens is 1. The Morgan fingerprint density at radius 1 is 1.42 bits per heavy atom. The van der Waals surface area contributed by atoms with Crippen LogP contribution in [0.3, 0.4) is 0 Å². The van der Waals surface area contributed by atoms with E-state index in [1.54, 1.807) is 37.3 Å². The molecule has 102 valence electrons. The molecule has 0 saturated carbocycles. The molecule has 5 heteroatoms. The molecule has 0 N–H and O–H groups in total. The summed E-state index contributed by atoms with van der Waals surface area (Å²) in [5, 5.41) is 1.31. The Kier molecular flexibility index (Phi) is 4.00. The summed E-state index contributed by atoms with van der Waals surface area (Å²) in [4.78, 5) is 13.8. The van der Waals surface area contributed by atoms with E-state index in [2.05, 4.69) is 0 Å². The Morgan fingerprint density at radius 3 is 2.79 bits per heavy atom. The van der Waals surface area contributed by atoms with Crippen LogP contribution in [0.4, 0.5) is 0 Å². The first-order chi connectivity index (χ1) is 9.06. The number of carbonyl (C=O) groups excluding carboxylic acids is 1. The number of ether oxygens (including phenoxy) is 1. The molecule has 0 aliphatic heterocycles. The van der Waals surface area contributed by atoms with E-state index in [1.807, 2.05) is 6.92 Å². The molecule has 19 heavy (non-hydrogen) atoms. The highest BCUT2D eigenvalue weighted by atomic mass is 35.5. The lowest BCUT2D eigenvalue weighted by atomic mass is 10.2. The topological polar surface area (TPSA) is 42.7 Å². The van der Waals surface area contributed by atoms with Crippen LogP contribution in [0.5, 0.6) is 5.75 Å². The fourth-order valence-corrected chi connectivity index (χ4v) is 2.18. The smallest absolute Gasteiger partial charge is 0.289 e. The SMILES string of the molecule is CCCN(C)C(=O)c1cc2cc(Cl)cc(OC)c2o1. The molecule has 0 radical (unpaired) electrons. The predicted molar refractivity (Wildman–Crippen MR) is 75.0 cm³/mol. The molecule has 0 bridgehead atoms. The molecule has 0 fully saturated rings. The van der Waals surface area contributed by atoms with Crippen molar-refractivity contribution in [1.29, 1.82) is 0 Å². The second-order valence-corrected chi connectivity index (χ2v) is 4.80. The molecule has 0 spiro atoms. The van der Waals surface area contributed by atoms with Crippen LogP contribution in [0.25, 0.3) is 11.0 Å². The lowest BCUT2D eigenvalue weighted by Crippen LogP contribution is -2.26. The lowest BCUT2D eigenvalue weighted by Gasteiger charge is -2.13. The van der Waals surface area contributed by atoms with E-state index in [4.69, 9.17) is 20.8 Å². The molecule has 0 unspecified atom stereocenters. The fraction of sp³-hybridized carbons (Fsp3) is 0.357. The van der Waals surface area contributed by atoms with Crippen LogP contribution >= 0.6 is 11.6 Å². The van der Waals surface area contributed by atoms with Crippen LogP contribution in [0.15, 0.2) is 22.6 Å². The number of benzene rings is 1. The molecule has 0 atom stereocenters. The van der Waals surface area contributed by atoms with Gasteiger partial charge in [0.1, 0.15) is 0 Å². The van der Waals surface area contributed by atoms with Gasteiger partial charge < -0.3 is 14.1 Å². The number of fused-ring (bicyclic) bond motifs is 1. The van der Waals surface area contributed by atoms with Crippen molar-refractivity contribution in [2.45, 2.75) is 13.3 Å². The number of amides is 1. The van der Waals surface area contributed by atoms with Gasteiger partial charge in [-0.25, -0.2) is 0 Å². The Labute approximate surface area is 116 Å². The van der Waals surface area contributed by atoms with Crippen molar-refractivity contribution in [1.82, 2.24) is 4.90 Å². The number of carbonyl (C=O) groups is 1. The molecule has 1 heterocycles. The third-order valence-electron chi connectivity index (χ3n) is 2.88. The molecule has 4 nitrogen and oxygen atoms in total. The van der Waals surface area contributed by atoms with Crippen molar-refractivity contribution in [3.63, 3.8) is 0 Å². The highest BCUT2D eigenvalue weighted by Gasteiger charge is 2.18.